The Hall–Kier alpha value is -2.28. The summed E-state index contributed by atoms with van der Waals surface area (Å²) in [6.45, 7) is 1.13. The van der Waals surface area contributed by atoms with E-state index in [1.165, 1.54) is 12.1 Å². The van der Waals surface area contributed by atoms with Crippen LogP contribution in [-0.4, -0.2) is 43.0 Å². The molecule has 1 spiro atoms. The summed E-state index contributed by atoms with van der Waals surface area (Å²) in [7, 11) is 3.94. The van der Waals surface area contributed by atoms with Crippen LogP contribution in [0.15, 0.2) is 34.8 Å². The Balaban J connectivity index is 1.57. The van der Waals surface area contributed by atoms with Gasteiger partial charge in [0, 0.05) is 30.9 Å². The average Bonchev–Trinajstić information content (AvgIpc) is 3.12. The van der Waals surface area contributed by atoms with Gasteiger partial charge >= 0.3 is 0 Å². The van der Waals surface area contributed by atoms with E-state index in [0.717, 1.165) is 11.3 Å². The van der Waals surface area contributed by atoms with Crippen molar-refractivity contribution in [3.8, 4) is 0 Å². The SMILES string of the molecule is CN(C)CC1CC2(CCC1(O)c1cccc(F)c1)OCCc1c2oc2c1C(=O)CC=C2. The van der Waals surface area contributed by atoms with Crippen molar-refractivity contribution in [3.05, 3.63) is 64.4 Å². The van der Waals surface area contributed by atoms with E-state index in [1.54, 1.807) is 12.1 Å². The van der Waals surface area contributed by atoms with Crippen molar-refractivity contribution in [1.82, 2.24) is 4.90 Å². The first-order valence-electron chi connectivity index (χ1n) is 11.0. The minimum atomic E-state index is -1.17. The van der Waals surface area contributed by atoms with Crippen molar-refractivity contribution < 1.29 is 23.4 Å². The van der Waals surface area contributed by atoms with Crippen LogP contribution in [0.5, 0.6) is 0 Å². The van der Waals surface area contributed by atoms with Crippen molar-refractivity contribution in [2.45, 2.75) is 43.3 Å². The maximum absolute atomic E-state index is 14.0. The van der Waals surface area contributed by atoms with Crippen LogP contribution in [0.1, 0.15) is 58.7 Å². The number of halogens is 1. The summed E-state index contributed by atoms with van der Waals surface area (Å²) in [4.78, 5) is 14.6. The lowest BCUT2D eigenvalue weighted by molar-refractivity contribution is -0.172. The highest BCUT2D eigenvalue weighted by molar-refractivity contribution is 6.03. The number of carbonyl (C=O) groups is 1. The normalized spacial score (nSPS) is 30.0. The van der Waals surface area contributed by atoms with E-state index in [2.05, 4.69) is 0 Å². The zero-order valence-corrected chi connectivity index (χ0v) is 18.0. The summed E-state index contributed by atoms with van der Waals surface area (Å²) in [5, 5.41) is 11.8. The summed E-state index contributed by atoms with van der Waals surface area (Å²) >= 11 is 0. The first-order chi connectivity index (χ1) is 14.8. The third-order valence-corrected chi connectivity index (χ3v) is 7.10. The molecular formula is C25H28FNO4. The average molecular weight is 426 g/mol. The number of hydrogen-bond donors (Lipinski definition) is 1. The Labute approximate surface area is 181 Å². The molecule has 3 unspecified atom stereocenters. The summed E-state index contributed by atoms with van der Waals surface area (Å²) in [6.07, 6.45) is 6.27. The second-order valence-electron chi connectivity index (χ2n) is 9.37. The molecule has 2 aliphatic carbocycles. The van der Waals surface area contributed by atoms with Crippen LogP contribution in [0.2, 0.25) is 0 Å². The van der Waals surface area contributed by atoms with Crippen LogP contribution < -0.4 is 0 Å². The molecule has 6 heteroatoms. The summed E-state index contributed by atoms with van der Waals surface area (Å²) in [5.74, 6) is 0.916. The number of fused-ring (bicyclic) bond motifs is 4. The smallest absolute Gasteiger partial charge is 0.170 e. The van der Waals surface area contributed by atoms with Crippen LogP contribution in [0.25, 0.3) is 6.08 Å². The highest BCUT2D eigenvalue weighted by Crippen LogP contribution is 2.54. The molecule has 0 bridgehead atoms. The van der Waals surface area contributed by atoms with Gasteiger partial charge in [-0.25, -0.2) is 4.39 Å². The van der Waals surface area contributed by atoms with E-state index in [-0.39, 0.29) is 17.5 Å². The number of nitrogens with zero attached hydrogens (tertiary/aromatic N) is 1. The van der Waals surface area contributed by atoms with Crippen molar-refractivity contribution >= 4 is 11.9 Å². The number of hydrogen-bond acceptors (Lipinski definition) is 5. The van der Waals surface area contributed by atoms with Crippen molar-refractivity contribution in [2.75, 3.05) is 27.2 Å². The van der Waals surface area contributed by atoms with Gasteiger partial charge in [0.05, 0.1) is 17.8 Å². The third kappa shape index (κ3) is 3.28. The molecular weight excluding hydrogens is 397 g/mol. The first-order valence-corrected chi connectivity index (χ1v) is 11.0. The fourth-order valence-corrected chi connectivity index (χ4v) is 5.70. The largest absolute Gasteiger partial charge is 0.458 e. The predicted molar refractivity (Wildman–Crippen MR) is 114 cm³/mol. The molecule has 164 valence electrons. The van der Waals surface area contributed by atoms with Crippen molar-refractivity contribution in [3.63, 3.8) is 0 Å². The van der Waals surface area contributed by atoms with Gasteiger partial charge in [-0.15, -0.1) is 0 Å². The molecule has 1 fully saturated rings. The van der Waals surface area contributed by atoms with E-state index >= 15 is 0 Å². The third-order valence-electron chi connectivity index (χ3n) is 7.10. The lowest BCUT2D eigenvalue weighted by Gasteiger charge is -2.50. The topological polar surface area (TPSA) is 62.9 Å². The summed E-state index contributed by atoms with van der Waals surface area (Å²) in [5.41, 5.74) is 0.424. The summed E-state index contributed by atoms with van der Waals surface area (Å²) in [6, 6.07) is 6.27. The Morgan fingerprint density at radius 2 is 2.13 bits per heavy atom. The lowest BCUT2D eigenvalue weighted by atomic mass is 9.64. The maximum Gasteiger partial charge on any atom is 0.170 e. The molecule has 31 heavy (non-hydrogen) atoms. The molecule has 3 atom stereocenters. The van der Waals surface area contributed by atoms with Gasteiger partial charge in [0.15, 0.2) is 5.78 Å². The second kappa shape index (κ2) is 7.40. The number of benzene rings is 1. The second-order valence-corrected chi connectivity index (χ2v) is 9.37. The Kier molecular flexibility index (Phi) is 4.92. The van der Waals surface area contributed by atoms with E-state index in [1.807, 2.05) is 31.1 Å². The van der Waals surface area contributed by atoms with Crippen LogP contribution in [0.3, 0.4) is 0 Å². The van der Waals surface area contributed by atoms with E-state index in [0.29, 0.717) is 62.1 Å². The van der Waals surface area contributed by atoms with Crippen LogP contribution in [0.4, 0.5) is 4.39 Å². The molecule has 1 saturated carbocycles. The number of carbonyl (C=O) groups excluding carboxylic acids is 1. The number of ketones is 1. The highest BCUT2D eigenvalue weighted by atomic mass is 19.1. The first kappa shape index (κ1) is 20.6. The van der Waals surface area contributed by atoms with E-state index in [4.69, 9.17) is 9.15 Å². The molecule has 2 heterocycles. The van der Waals surface area contributed by atoms with E-state index in [9.17, 15) is 14.3 Å². The molecule has 2 aromatic rings. The molecule has 3 aliphatic rings. The van der Waals surface area contributed by atoms with Gasteiger partial charge in [-0.3, -0.25) is 4.79 Å². The Morgan fingerprint density at radius 3 is 2.90 bits per heavy atom. The van der Waals surface area contributed by atoms with Crippen molar-refractivity contribution in [1.29, 1.82) is 0 Å². The molecule has 1 aromatic carbocycles. The van der Waals surface area contributed by atoms with E-state index < -0.39 is 11.2 Å². The number of aliphatic hydroxyl groups is 1. The monoisotopic (exact) mass is 425 g/mol. The molecule has 1 aromatic heterocycles. The predicted octanol–water partition coefficient (Wildman–Crippen LogP) is 4.04. The van der Waals surface area contributed by atoms with Crippen molar-refractivity contribution in [2.24, 2.45) is 5.92 Å². The minimum absolute atomic E-state index is 0.0940. The fourth-order valence-electron chi connectivity index (χ4n) is 5.70. The van der Waals surface area contributed by atoms with Gasteiger partial charge in [0.1, 0.15) is 22.9 Å². The standard InChI is InChI=1S/C25H28FNO4/c1-27(2)15-17-14-24(10-11-25(17,29)16-5-3-6-18(26)13-16)23-19(9-12-30-24)22-20(28)7-4-8-21(22)31-23/h3-6,8,13,17,29H,7,9-12,14-15H2,1-2H3. The Morgan fingerprint density at radius 1 is 1.29 bits per heavy atom. The summed E-state index contributed by atoms with van der Waals surface area (Å²) < 4.78 is 26.6. The van der Waals surface area contributed by atoms with Gasteiger partial charge in [-0.2, -0.15) is 0 Å². The molecule has 5 rings (SSSR count). The highest BCUT2D eigenvalue weighted by Gasteiger charge is 2.54. The number of ether oxygens (including phenoxy) is 1. The Bertz CT molecular complexity index is 1060. The number of rotatable bonds is 3. The van der Waals surface area contributed by atoms with Gasteiger partial charge in [-0.1, -0.05) is 18.2 Å². The van der Waals surface area contributed by atoms with Gasteiger partial charge in [-0.05, 0) is 57.1 Å². The minimum Gasteiger partial charge on any atom is -0.458 e. The number of furan rings is 1. The number of Topliss-reactive ketones (excluding diaryl/α,β-unsaturated/α-hetero) is 1. The van der Waals surface area contributed by atoms with Gasteiger partial charge < -0.3 is 19.2 Å². The van der Waals surface area contributed by atoms with Crippen LogP contribution >= 0.6 is 0 Å². The quantitative estimate of drug-likeness (QED) is 0.804. The van der Waals surface area contributed by atoms with Crippen LogP contribution in [0, 0.1) is 11.7 Å². The van der Waals surface area contributed by atoms with Crippen LogP contribution in [-0.2, 0) is 22.4 Å². The molecule has 0 saturated heterocycles. The molecule has 0 amide bonds. The maximum atomic E-state index is 14.0. The molecule has 1 N–H and O–H groups in total. The molecule has 1 aliphatic heterocycles. The fraction of sp³-hybridized carbons (Fsp3) is 0.480. The molecule has 0 radical (unpaired) electrons. The van der Waals surface area contributed by atoms with Gasteiger partial charge in [0.25, 0.3) is 0 Å². The van der Waals surface area contributed by atoms with Gasteiger partial charge in [0.2, 0.25) is 0 Å². The zero-order chi connectivity index (χ0) is 21.8. The number of allylic oxidation sites excluding steroid dienone is 1. The molecule has 5 nitrogen and oxygen atoms in total. The lowest BCUT2D eigenvalue weighted by Crippen LogP contribution is -2.52. The zero-order valence-electron chi connectivity index (χ0n) is 18.0.